The molecular weight excluding hydrogens is 440 g/mol. The normalized spacial score (nSPS) is 33.0. The lowest BCUT2D eigenvalue weighted by Gasteiger charge is -2.38. The summed E-state index contributed by atoms with van der Waals surface area (Å²) in [4.78, 5) is 17.7. The van der Waals surface area contributed by atoms with Gasteiger partial charge in [-0.3, -0.25) is 29.8 Å². The van der Waals surface area contributed by atoms with E-state index in [4.69, 9.17) is 4.74 Å². The molecule has 8 heteroatoms. The molecule has 0 aromatic carbocycles. The average molecular weight is 492 g/mol. The van der Waals surface area contributed by atoms with Gasteiger partial charge in [-0.1, -0.05) is 19.8 Å². The first-order chi connectivity index (χ1) is 17.0. The molecule has 2 aliphatic carbocycles. The summed E-state index contributed by atoms with van der Waals surface area (Å²) in [6.45, 7) is 8.99. The van der Waals surface area contributed by atoms with Crippen LogP contribution >= 0.6 is 0 Å². The summed E-state index contributed by atoms with van der Waals surface area (Å²) >= 11 is 0. The molecule has 2 heterocycles. The van der Waals surface area contributed by atoms with Crippen molar-refractivity contribution < 1.29 is 14.1 Å². The molecule has 2 saturated carbocycles. The van der Waals surface area contributed by atoms with E-state index in [2.05, 4.69) is 51.3 Å². The van der Waals surface area contributed by atoms with E-state index in [1.165, 1.54) is 38.1 Å². The molecule has 3 fully saturated rings. The second kappa shape index (κ2) is 13.2. The Morgan fingerprint density at radius 2 is 1.83 bits per heavy atom. The number of nitrogens with zero attached hydrogens (tertiary/aromatic N) is 3. The maximum absolute atomic E-state index is 12.9. The van der Waals surface area contributed by atoms with Gasteiger partial charge < -0.3 is 10.1 Å². The number of carbonyl (C=O) groups is 1. The highest BCUT2D eigenvalue weighted by molar-refractivity contribution is 5.78. The Hall–Kier alpha value is -1.38. The van der Waals surface area contributed by atoms with Crippen molar-refractivity contribution >= 4 is 11.9 Å². The lowest BCUT2D eigenvalue weighted by atomic mass is 9.85. The highest BCUT2D eigenvalue weighted by atomic mass is 16.5. The lowest BCUT2D eigenvalue weighted by Crippen LogP contribution is -2.61. The van der Waals surface area contributed by atoms with E-state index >= 15 is 0 Å². The third-order valence-electron chi connectivity index (χ3n) is 8.70. The highest BCUT2D eigenvalue weighted by Crippen LogP contribution is 2.26. The van der Waals surface area contributed by atoms with Crippen molar-refractivity contribution in [1.82, 2.24) is 25.8 Å². The molecule has 0 bridgehead atoms. The van der Waals surface area contributed by atoms with Gasteiger partial charge in [-0.2, -0.15) is 0 Å². The largest absolute Gasteiger partial charge is 0.379 e. The minimum atomic E-state index is 0.145. The number of rotatable bonds is 8. The Balaban J connectivity index is 1.21. The van der Waals surface area contributed by atoms with E-state index in [0.29, 0.717) is 18.2 Å². The predicted octanol–water partition coefficient (Wildman–Crippen LogP) is 1.80. The van der Waals surface area contributed by atoms with Crippen LogP contribution in [0.3, 0.4) is 0 Å². The molecule has 0 aromatic heterocycles. The summed E-state index contributed by atoms with van der Waals surface area (Å²) in [5.74, 6) is 2.49. The Bertz CT molecular complexity index is 710. The zero-order chi connectivity index (χ0) is 24.6. The zero-order valence-electron chi connectivity index (χ0n) is 22.6. The minimum absolute atomic E-state index is 0.145. The molecule has 0 radical (unpaired) electrons. The first-order valence-corrected chi connectivity index (χ1v) is 14.4. The molecule has 8 nitrogen and oxygen atoms in total. The lowest BCUT2D eigenvalue weighted by molar-refractivity contribution is -0.513. The molecule has 5 unspecified atom stereocenters. The second-order valence-electron chi connectivity index (χ2n) is 11.6. The van der Waals surface area contributed by atoms with Crippen molar-refractivity contribution in [2.75, 3.05) is 60.0 Å². The van der Waals surface area contributed by atoms with Crippen LogP contribution in [-0.2, 0) is 9.53 Å². The van der Waals surface area contributed by atoms with Crippen LogP contribution in [0.25, 0.3) is 0 Å². The molecular formula is C27H51N6O2+. The first-order valence-electron chi connectivity index (χ1n) is 14.4. The number of guanidine groups is 1. The number of morpholine rings is 1. The van der Waals surface area contributed by atoms with Crippen LogP contribution in [0.1, 0.15) is 71.1 Å². The van der Waals surface area contributed by atoms with Crippen LogP contribution < -0.4 is 16.0 Å². The van der Waals surface area contributed by atoms with Crippen molar-refractivity contribution in [3.63, 3.8) is 0 Å². The van der Waals surface area contributed by atoms with Gasteiger partial charge in [-0.05, 0) is 57.4 Å². The Morgan fingerprint density at radius 3 is 2.63 bits per heavy atom. The third-order valence-corrected chi connectivity index (χ3v) is 8.70. The summed E-state index contributed by atoms with van der Waals surface area (Å²) in [5, 5.41) is 11.1. The fourth-order valence-corrected chi connectivity index (χ4v) is 6.52. The van der Waals surface area contributed by atoms with Crippen molar-refractivity contribution in [1.29, 1.82) is 0 Å². The number of hydrogen-bond donors (Lipinski definition) is 3. The number of amides is 1. The van der Waals surface area contributed by atoms with E-state index in [0.717, 1.165) is 84.0 Å². The SMILES string of the molecule is CC1CCCC(NC2=[N+](C)CCC(NC3CCCC(C(=O)NCCCN4CCOCC4)C3)N2C)C1. The Kier molecular flexibility index (Phi) is 10.1. The van der Waals surface area contributed by atoms with Crippen LogP contribution in [0.4, 0.5) is 0 Å². The van der Waals surface area contributed by atoms with Gasteiger partial charge in [0.25, 0.3) is 0 Å². The third kappa shape index (κ3) is 7.80. The van der Waals surface area contributed by atoms with Crippen LogP contribution in [0, 0.1) is 11.8 Å². The highest BCUT2D eigenvalue weighted by Gasteiger charge is 2.36. The molecule has 0 spiro atoms. The van der Waals surface area contributed by atoms with E-state index in [1.54, 1.807) is 0 Å². The van der Waals surface area contributed by atoms with Crippen LogP contribution in [-0.4, -0.2) is 105 Å². The molecule has 4 aliphatic rings. The summed E-state index contributed by atoms with van der Waals surface area (Å²) in [6.07, 6.45) is 12.0. The molecule has 1 amide bonds. The molecule has 1 saturated heterocycles. The smallest absolute Gasteiger partial charge is 0.349 e. The van der Waals surface area contributed by atoms with Crippen molar-refractivity contribution in [3.8, 4) is 0 Å². The van der Waals surface area contributed by atoms with Gasteiger partial charge >= 0.3 is 5.96 Å². The summed E-state index contributed by atoms with van der Waals surface area (Å²) in [5.41, 5.74) is 0. The molecule has 3 N–H and O–H groups in total. The monoisotopic (exact) mass is 491 g/mol. The number of nitrogens with one attached hydrogen (secondary N) is 3. The van der Waals surface area contributed by atoms with Crippen molar-refractivity contribution in [2.45, 2.75) is 89.4 Å². The van der Waals surface area contributed by atoms with Gasteiger partial charge in [0.2, 0.25) is 5.91 Å². The van der Waals surface area contributed by atoms with Gasteiger partial charge in [-0.25, -0.2) is 0 Å². The van der Waals surface area contributed by atoms with E-state index in [9.17, 15) is 4.79 Å². The van der Waals surface area contributed by atoms with E-state index in [-0.39, 0.29) is 11.8 Å². The van der Waals surface area contributed by atoms with Gasteiger partial charge in [0.05, 0.1) is 39.9 Å². The van der Waals surface area contributed by atoms with Crippen LogP contribution in [0.2, 0.25) is 0 Å². The molecule has 5 atom stereocenters. The molecule has 0 aromatic rings. The summed E-state index contributed by atoms with van der Waals surface area (Å²) in [6, 6.07) is 1.00. The standard InChI is InChI=1S/C27H50N6O2/c1-21-7-4-9-23(19-21)30-27-31(2)14-11-25(32(27)3)29-24-10-5-8-22(20-24)26(34)28-12-6-13-33-15-17-35-18-16-33/h21-25,29H,4-20H2,1-3H3,(H,28,34)/p+1. The van der Waals surface area contributed by atoms with Crippen LogP contribution in [0.5, 0.6) is 0 Å². The Morgan fingerprint density at radius 1 is 1.06 bits per heavy atom. The van der Waals surface area contributed by atoms with Gasteiger partial charge in [0.15, 0.2) is 0 Å². The fraction of sp³-hybridized carbons (Fsp3) is 0.926. The van der Waals surface area contributed by atoms with E-state index in [1.807, 2.05) is 0 Å². The number of carbonyl (C=O) groups excluding carboxylic acids is 1. The van der Waals surface area contributed by atoms with Gasteiger partial charge in [0, 0.05) is 38.0 Å². The maximum Gasteiger partial charge on any atom is 0.349 e. The van der Waals surface area contributed by atoms with Crippen molar-refractivity contribution in [3.05, 3.63) is 0 Å². The second-order valence-corrected chi connectivity index (χ2v) is 11.6. The molecule has 35 heavy (non-hydrogen) atoms. The zero-order valence-corrected chi connectivity index (χ0v) is 22.6. The number of ether oxygens (including phenoxy) is 1. The minimum Gasteiger partial charge on any atom is -0.379 e. The summed E-state index contributed by atoms with van der Waals surface area (Å²) < 4.78 is 7.80. The topological polar surface area (TPSA) is 71.9 Å². The fourth-order valence-electron chi connectivity index (χ4n) is 6.52. The van der Waals surface area contributed by atoms with Gasteiger partial charge in [0.1, 0.15) is 6.17 Å². The van der Waals surface area contributed by atoms with E-state index < -0.39 is 0 Å². The molecule has 2 aliphatic heterocycles. The molecule has 4 rings (SSSR count). The maximum atomic E-state index is 12.9. The Labute approximate surface area is 213 Å². The predicted molar refractivity (Wildman–Crippen MR) is 141 cm³/mol. The number of hydrogen-bond acceptors (Lipinski definition) is 6. The summed E-state index contributed by atoms with van der Waals surface area (Å²) in [7, 11) is 4.44. The molecule has 200 valence electrons. The quantitative estimate of drug-likeness (QED) is 0.355. The first kappa shape index (κ1) is 26.7. The van der Waals surface area contributed by atoms with Crippen molar-refractivity contribution in [2.24, 2.45) is 11.8 Å². The van der Waals surface area contributed by atoms with Crippen LogP contribution in [0.15, 0.2) is 0 Å². The average Bonchev–Trinajstić information content (AvgIpc) is 2.87. The van der Waals surface area contributed by atoms with Gasteiger partial charge in [-0.15, -0.1) is 0 Å².